The zero-order chi connectivity index (χ0) is 13.2. The Morgan fingerprint density at radius 3 is 2.63 bits per heavy atom. The van der Waals surface area contributed by atoms with Crippen LogP contribution < -0.4 is 4.85 Å². The average Bonchev–Trinajstić information content (AvgIpc) is 2.47. The smallest absolute Gasteiger partial charge is 0.247 e. The van der Waals surface area contributed by atoms with Gasteiger partial charge in [0.2, 0.25) is 5.69 Å². The van der Waals surface area contributed by atoms with Gasteiger partial charge in [-0.15, -0.1) is 0 Å². The van der Waals surface area contributed by atoms with Crippen LogP contribution in [0.15, 0.2) is 48.7 Å². The largest absolute Gasteiger partial charge is 0.594 e. The minimum atomic E-state index is 0.607. The third-order valence-corrected chi connectivity index (χ3v) is 3.14. The van der Waals surface area contributed by atoms with Gasteiger partial charge in [0.15, 0.2) is 0 Å². The molecule has 3 rings (SSSR count). The highest BCUT2D eigenvalue weighted by atomic mass is 16.5. The summed E-state index contributed by atoms with van der Waals surface area (Å²) in [6.45, 7) is 1.93. The topological polar surface area (TPSA) is 52.7 Å². The molecule has 0 saturated carbocycles. The Labute approximate surface area is 110 Å². The molecule has 3 aromatic rings. The summed E-state index contributed by atoms with van der Waals surface area (Å²) in [4.78, 5) is 5.03. The van der Waals surface area contributed by atoms with Gasteiger partial charge in [0, 0.05) is 28.7 Å². The van der Waals surface area contributed by atoms with Crippen LogP contribution in [0.3, 0.4) is 0 Å². The molecule has 0 amide bonds. The molecule has 2 aromatic heterocycles. The van der Waals surface area contributed by atoms with Gasteiger partial charge < -0.3 is 5.21 Å². The van der Waals surface area contributed by atoms with E-state index in [-0.39, 0.29) is 0 Å². The molecule has 0 unspecified atom stereocenters. The molecule has 4 nitrogen and oxygen atoms in total. The van der Waals surface area contributed by atoms with Crippen LogP contribution in [0.1, 0.15) is 12.6 Å². The van der Waals surface area contributed by atoms with Gasteiger partial charge >= 0.3 is 0 Å². The summed E-state index contributed by atoms with van der Waals surface area (Å²) in [6.07, 6.45) is 2.31. The summed E-state index contributed by atoms with van der Waals surface area (Å²) in [6, 6.07) is 13.5. The quantitative estimate of drug-likeness (QED) is 0.519. The number of hydrogen-bond acceptors (Lipinski definition) is 3. The second-order valence-corrected chi connectivity index (χ2v) is 4.29. The van der Waals surface area contributed by atoms with Crippen molar-refractivity contribution in [2.24, 2.45) is 0 Å². The van der Waals surface area contributed by atoms with Crippen LogP contribution in [-0.4, -0.2) is 10.1 Å². The third kappa shape index (κ3) is 1.91. The van der Waals surface area contributed by atoms with E-state index in [0.717, 1.165) is 16.5 Å². The second-order valence-electron chi connectivity index (χ2n) is 4.29. The van der Waals surface area contributed by atoms with Crippen molar-refractivity contribution < 1.29 is 4.85 Å². The lowest BCUT2D eigenvalue weighted by molar-refractivity contribution is -0.674. The van der Waals surface area contributed by atoms with Gasteiger partial charge in [-0.2, -0.15) is 0 Å². The molecule has 0 saturated heterocycles. The molecule has 0 atom stereocenters. The van der Waals surface area contributed by atoms with Crippen molar-refractivity contribution in [2.75, 3.05) is 0 Å². The zero-order valence-corrected chi connectivity index (χ0v) is 10.6. The molecule has 4 heteroatoms. The van der Waals surface area contributed by atoms with Crippen LogP contribution in [0.4, 0.5) is 0 Å². The van der Waals surface area contributed by atoms with Crippen LogP contribution in [-0.2, 0) is 6.42 Å². The van der Waals surface area contributed by atoms with Crippen molar-refractivity contribution in [3.05, 3.63) is 59.6 Å². The first kappa shape index (κ1) is 11.6. The number of hydrogen-bond donors (Lipinski definition) is 0. The molecule has 0 aliphatic heterocycles. The minimum Gasteiger partial charge on any atom is -0.594 e. The fourth-order valence-corrected chi connectivity index (χ4v) is 2.23. The van der Waals surface area contributed by atoms with E-state index in [1.54, 1.807) is 6.20 Å². The first-order valence-electron chi connectivity index (χ1n) is 6.24. The van der Waals surface area contributed by atoms with Crippen LogP contribution in [0.2, 0.25) is 0 Å². The van der Waals surface area contributed by atoms with Gasteiger partial charge in [0.05, 0.1) is 0 Å². The fraction of sp³-hybridized carbons (Fsp3) is 0.133. The average molecular weight is 251 g/mol. The highest BCUT2D eigenvalue weighted by Gasteiger charge is 2.18. The lowest BCUT2D eigenvalue weighted by atomic mass is 10.1. The van der Waals surface area contributed by atoms with E-state index in [1.165, 1.54) is 0 Å². The van der Waals surface area contributed by atoms with Gasteiger partial charge in [-0.05, 0) is 12.1 Å². The number of nitrogens with zero attached hydrogens (tertiary/aromatic N) is 3. The van der Waals surface area contributed by atoms with E-state index in [1.807, 2.05) is 49.4 Å². The zero-order valence-electron chi connectivity index (χ0n) is 10.6. The highest BCUT2D eigenvalue weighted by Crippen LogP contribution is 2.25. The summed E-state index contributed by atoms with van der Waals surface area (Å²) in [5.74, 6) is 0. The first-order valence-corrected chi connectivity index (χ1v) is 6.24. The summed E-state index contributed by atoms with van der Waals surface area (Å²) in [7, 11) is 0. The van der Waals surface area contributed by atoms with E-state index < -0.39 is 0 Å². The molecule has 0 spiro atoms. The van der Waals surface area contributed by atoms with Crippen molar-refractivity contribution in [1.82, 2.24) is 10.1 Å². The molecular formula is C15H13N3O. The Balaban J connectivity index is 2.38. The van der Waals surface area contributed by atoms with E-state index in [4.69, 9.17) is 0 Å². The lowest BCUT2D eigenvalue weighted by Gasteiger charge is -2.07. The molecule has 0 radical (unpaired) electrons. The molecule has 0 aliphatic carbocycles. The van der Waals surface area contributed by atoms with Gasteiger partial charge in [-0.3, -0.25) is 0 Å². The summed E-state index contributed by atoms with van der Waals surface area (Å²) < 4.78 is 0. The van der Waals surface area contributed by atoms with Crippen molar-refractivity contribution in [2.45, 2.75) is 13.3 Å². The number of benzene rings is 1. The Bertz CT molecular complexity index is 726. The maximum atomic E-state index is 12.0. The maximum absolute atomic E-state index is 12.0. The predicted octanol–water partition coefficient (Wildman–Crippen LogP) is 2.49. The molecule has 2 heterocycles. The molecule has 94 valence electrons. The Morgan fingerprint density at radius 1 is 1.11 bits per heavy atom. The van der Waals surface area contributed by atoms with E-state index >= 15 is 0 Å². The van der Waals surface area contributed by atoms with Crippen LogP contribution in [0.25, 0.3) is 22.2 Å². The fourth-order valence-electron chi connectivity index (χ4n) is 2.23. The molecule has 0 bridgehead atoms. The summed E-state index contributed by atoms with van der Waals surface area (Å²) in [5, 5.41) is 17.1. The molecule has 0 N–H and O–H groups in total. The van der Waals surface area contributed by atoms with Gasteiger partial charge in [-0.25, -0.2) is 4.98 Å². The predicted molar refractivity (Wildman–Crippen MR) is 73.3 cm³/mol. The maximum Gasteiger partial charge on any atom is 0.247 e. The number of fused-ring (bicyclic) bond motifs is 1. The number of rotatable bonds is 2. The lowest BCUT2D eigenvalue weighted by Crippen LogP contribution is -2.37. The van der Waals surface area contributed by atoms with E-state index in [2.05, 4.69) is 10.1 Å². The van der Waals surface area contributed by atoms with E-state index in [9.17, 15) is 5.21 Å². The van der Waals surface area contributed by atoms with Crippen molar-refractivity contribution >= 4 is 10.9 Å². The van der Waals surface area contributed by atoms with Crippen LogP contribution in [0.5, 0.6) is 0 Å². The van der Waals surface area contributed by atoms with Crippen molar-refractivity contribution in [1.29, 1.82) is 0 Å². The normalized spacial score (nSPS) is 10.8. The number of pyridine rings is 1. The Morgan fingerprint density at radius 2 is 1.89 bits per heavy atom. The first-order chi connectivity index (χ1) is 9.31. The number of aromatic nitrogens is 3. The van der Waals surface area contributed by atoms with Gasteiger partial charge in [0.1, 0.15) is 11.2 Å². The molecule has 0 fully saturated rings. The third-order valence-electron chi connectivity index (χ3n) is 3.14. The van der Waals surface area contributed by atoms with Crippen LogP contribution >= 0.6 is 0 Å². The standard InChI is InChI=1S/C15H13N3O/c1-2-13-15-12(9-6-10-16-15)14(17-18(13)19)11-7-4-3-5-8-11/h3-10H,2H2,1H3. The van der Waals surface area contributed by atoms with Gasteiger partial charge in [0.25, 0.3) is 0 Å². The molecular weight excluding hydrogens is 238 g/mol. The Kier molecular flexibility index (Phi) is 2.83. The summed E-state index contributed by atoms with van der Waals surface area (Å²) in [5.41, 5.74) is 2.94. The SMILES string of the molecule is CCc1c2ncccc2c(-c2ccccc2)n[n+]1[O-]. The molecule has 0 aliphatic rings. The van der Waals surface area contributed by atoms with Crippen molar-refractivity contribution in [3.8, 4) is 11.3 Å². The second kappa shape index (κ2) is 4.65. The highest BCUT2D eigenvalue weighted by molar-refractivity contribution is 5.92. The monoisotopic (exact) mass is 251 g/mol. The van der Waals surface area contributed by atoms with Gasteiger partial charge in [-0.1, -0.05) is 42.1 Å². The minimum absolute atomic E-state index is 0.607. The van der Waals surface area contributed by atoms with Crippen molar-refractivity contribution in [3.63, 3.8) is 0 Å². The van der Waals surface area contributed by atoms with Crippen LogP contribution in [0, 0.1) is 5.21 Å². The Hall–Kier alpha value is -2.49. The molecule has 19 heavy (non-hydrogen) atoms. The molecule has 1 aromatic carbocycles. The van der Waals surface area contributed by atoms with E-state index in [0.29, 0.717) is 22.7 Å². The summed E-state index contributed by atoms with van der Waals surface area (Å²) >= 11 is 0. The number of aryl methyl sites for hydroxylation is 1.